The van der Waals surface area contributed by atoms with Gasteiger partial charge in [-0.3, -0.25) is 4.79 Å². The average Bonchev–Trinajstić information content (AvgIpc) is 2.44. The third-order valence-corrected chi connectivity index (χ3v) is 2.99. The van der Waals surface area contributed by atoms with Gasteiger partial charge in [-0.25, -0.2) is 0 Å². The van der Waals surface area contributed by atoms with Crippen molar-refractivity contribution >= 4 is 11.0 Å². The summed E-state index contributed by atoms with van der Waals surface area (Å²) < 4.78 is 5.57. The summed E-state index contributed by atoms with van der Waals surface area (Å²) in [6.07, 6.45) is 0. The van der Waals surface area contributed by atoms with E-state index in [4.69, 9.17) is 4.42 Å². The highest BCUT2D eigenvalue weighted by Gasteiger charge is 2.12. The molecule has 0 saturated carbocycles. The van der Waals surface area contributed by atoms with E-state index in [0.29, 0.717) is 16.5 Å². The van der Waals surface area contributed by atoms with Crippen LogP contribution < -0.4 is 5.43 Å². The third-order valence-electron chi connectivity index (χ3n) is 2.99. The maximum absolute atomic E-state index is 12.0. The lowest BCUT2D eigenvalue weighted by atomic mass is 10.1. The molecule has 0 aliphatic heterocycles. The molecule has 5 heteroatoms. The van der Waals surface area contributed by atoms with Crippen molar-refractivity contribution in [3.63, 3.8) is 0 Å². The summed E-state index contributed by atoms with van der Waals surface area (Å²) in [6.45, 7) is 0. The van der Waals surface area contributed by atoms with Crippen LogP contribution in [0.4, 0.5) is 0 Å². The van der Waals surface area contributed by atoms with Crippen LogP contribution in [0.5, 0.6) is 17.2 Å². The number of benzene rings is 2. The minimum atomic E-state index is -0.614. The van der Waals surface area contributed by atoms with E-state index >= 15 is 0 Å². The van der Waals surface area contributed by atoms with Crippen LogP contribution in [0.15, 0.2) is 51.7 Å². The van der Waals surface area contributed by atoms with E-state index in [1.807, 2.05) is 0 Å². The molecule has 0 aliphatic rings. The maximum atomic E-state index is 12.0. The van der Waals surface area contributed by atoms with Crippen molar-refractivity contribution in [2.75, 3.05) is 0 Å². The van der Waals surface area contributed by atoms with Gasteiger partial charge in [0.25, 0.3) is 0 Å². The number of para-hydroxylation sites is 1. The van der Waals surface area contributed by atoms with Gasteiger partial charge in [0.15, 0.2) is 22.7 Å². The minimum absolute atomic E-state index is 0.194. The summed E-state index contributed by atoms with van der Waals surface area (Å²) in [4.78, 5) is 12.0. The van der Waals surface area contributed by atoms with Crippen molar-refractivity contribution in [2.24, 2.45) is 0 Å². The van der Waals surface area contributed by atoms with Gasteiger partial charge in [-0.15, -0.1) is 0 Å². The van der Waals surface area contributed by atoms with E-state index in [-0.39, 0.29) is 11.2 Å². The molecule has 0 fully saturated rings. The average molecular weight is 270 g/mol. The fourth-order valence-corrected chi connectivity index (χ4v) is 1.99. The van der Waals surface area contributed by atoms with Gasteiger partial charge in [-0.1, -0.05) is 12.1 Å². The smallest absolute Gasteiger partial charge is 0.200 e. The highest BCUT2D eigenvalue weighted by molar-refractivity contribution is 5.79. The van der Waals surface area contributed by atoms with Crippen LogP contribution in [0.3, 0.4) is 0 Å². The molecule has 0 spiro atoms. The molecule has 0 unspecified atom stereocenters. The quantitative estimate of drug-likeness (QED) is 0.591. The molecule has 0 atom stereocenters. The van der Waals surface area contributed by atoms with Crippen molar-refractivity contribution < 1.29 is 19.7 Å². The second kappa shape index (κ2) is 4.31. The van der Waals surface area contributed by atoms with E-state index in [1.165, 1.54) is 18.2 Å². The number of phenols is 3. The zero-order valence-corrected chi connectivity index (χ0v) is 10.2. The predicted octanol–water partition coefficient (Wildman–Crippen LogP) is 2.58. The zero-order chi connectivity index (χ0) is 14.3. The normalized spacial score (nSPS) is 10.8. The largest absolute Gasteiger partial charge is 0.504 e. The summed E-state index contributed by atoms with van der Waals surface area (Å²) in [5, 5.41) is 28.7. The van der Waals surface area contributed by atoms with E-state index in [2.05, 4.69) is 0 Å². The molecule has 100 valence electrons. The van der Waals surface area contributed by atoms with Gasteiger partial charge < -0.3 is 19.7 Å². The number of aromatic hydroxyl groups is 3. The predicted molar refractivity (Wildman–Crippen MR) is 72.9 cm³/mol. The van der Waals surface area contributed by atoms with Gasteiger partial charge in [0, 0.05) is 11.6 Å². The number of fused-ring (bicyclic) bond motifs is 1. The number of hydrogen-bond acceptors (Lipinski definition) is 5. The lowest BCUT2D eigenvalue weighted by Crippen LogP contribution is -1.99. The van der Waals surface area contributed by atoms with Gasteiger partial charge in [0.2, 0.25) is 0 Å². The highest BCUT2D eigenvalue weighted by atomic mass is 16.3. The van der Waals surface area contributed by atoms with Gasteiger partial charge >= 0.3 is 0 Å². The molecule has 20 heavy (non-hydrogen) atoms. The Bertz CT molecular complexity index is 841. The second-order valence-electron chi connectivity index (χ2n) is 4.33. The first-order valence-electron chi connectivity index (χ1n) is 5.84. The summed E-state index contributed by atoms with van der Waals surface area (Å²) in [5.74, 6) is -1.40. The summed E-state index contributed by atoms with van der Waals surface area (Å²) in [5.41, 5.74) is 0.469. The van der Waals surface area contributed by atoms with Gasteiger partial charge in [-0.05, 0) is 24.3 Å². The third kappa shape index (κ3) is 1.85. The highest BCUT2D eigenvalue weighted by Crippen LogP contribution is 2.38. The van der Waals surface area contributed by atoms with Crippen LogP contribution in [-0.4, -0.2) is 15.3 Å². The lowest BCUT2D eigenvalue weighted by Gasteiger charge is -2.06. The van der Waals surface area contributed by atoms with Crippen molar-refractivity contribution in [2.45, 2.75) is 0 Å². The molecule has 5 nitrogen and oxygen atoms in total. The molecule has 2 aromatic carbocycles. The molecule has 0 bridgehead atoms. The lowest BCUT2D eigenvalue weighted by molar-refractivity contribution is 0.368. The monoisotopic (exact) mass is 270 g/mol. The van der Waals surface area contributed by atoms with Crippen LogP contribution in [0.1, 0.15) is 0 Å². The van der Waals surface area contributed by atoms with Crippen molar-refractivity contribution in [1.29, 1.82) is 0 Å². The first kappa shape index (κ1) is 12.1. The van der Waals surface area contributed by atoms with E-state index in [0.717, 1.165) is 0 Å². The molecule has 0 aliphatic carbocycles. The molecule has 3 rings (SSSR count). The topological polar surface area (TPSA) is 90.9 Å². The Hall–Kier alpha value is -2.95. The molecule has 0 radical (unpaired) electrons. The van der Waals surface area contributed by atoms with E-state index in [9.17, 15) is 20.1 Å². The number of rotatable bonds is 1. The summed E-state index contributed by atoms with van der Waals surface area (Å²) in [7, 11) is 0. The Labute approximate surface area is 113 Å². The minimum Gasteiger partial charge on any atom is -0.504 e. The van der Waals surface area contributed by atoms with Crippen LogP contribution in [0.25, 0.3) is 22.3 Å². The fourth-order valence-electron chi connectivity index (χ4n) is 1.99. The Morgan fingerprint density at radius 1 is 0.900 bits per heavy atom. The van der Waals surface area contributed by atoms with E-state index in [1.54, 1.807) is 24.3 Å². The fraction of sp³-hybridized carbons (Fsp3) is 0. The molecule has 1 aromatic heterocycles. The Kier molecular flexibility index (Phi) is 2.61. The molecule has 3 N–H and O–H groups in total. The Balaban J connectivity index is 2.27. The van der Waals surface area contributed by atoms with Crippen molar-refractivity contribution in [3.8, 4) is 28.6 Å². The first-order valence-corrected chi connectivity index (χ1v) is 5.84. The van der Waals surface area contributed by atoms with Gasteiger partial charge in [0.05, 0.1) is 5.39 Å². The van der Waals surface area contributed by atoms with Crippen LogP contribution in [0, 0.1) is 0 Å². The van der Waals surface area contributed by atoms with Crippen molar-refractivity contribution in [1.82, 2.24) is 0 Å². The zero-order valence-electron chi connectivity index (χ0n) is 10.2. The molecule has 1 heterocycles. The van der Waals surface area contributed by atoms with E-state index < -0.39 is 17.2 Å². The van der Waals surface area contributed by atoms with Crippen LogP contribution in [-0.2, 0) is 0 Å². The molecular weight excluding hydrogens is 260 g/mol. The Morgan fingerprint density at radius 3 is 2.25 bits per heavy atom. The Morgan fingerprint density at radius 2 is 1.55 bits per heavy atom. The SMILES string of the molecule is O=c1cc(-c2cc(O)c(O)c(O)c2)oc2ccccc12. The first-order chi connectivity index (χ1) is 9.56. The summed E-state index contributed by atoms with van der Waals surface area (Å²) in [6, 6.07) is 10.5. The van der Waals surface area contributed by atoms with Gasteiger partial charge in [-0.2, -0.15) is 0 Å². The van der Waals surface area contributed by atoms with Gasteiger partial charge in [0.1, 0.15) is 11.3 Å². The van der Waals surface area contributed by atoms with Crippen LogP contribution in [0.2, 0.25) is 0 Å². The molecule has 0 saturated heterocycles. The summed E-state index contributed by atoms with van der Waals surface area (Å²) >= 11 is 0. The molecule has 3 aromatic rings. The second-order valence-corrected chi connectivity index (χ2v) is 4.33. The molecule has 0 amide bonds. The van der Waals surface area contributed by atoms with Crippen molar-refractivity contribution in [3.05, 3.63) is 52.7 Å². The number of phenolic OH excluding ortho intramolecular Hbond substituents is 3. The van der Waals surface area contributed by atoms with Crippen LogP contribution >= 0.6 is 0 Å². The standard InChI is InChI=1S/C15H10O5/c16-10-7-14(20-13-4-2-1-3-9(10)13)8-5-11(17)15(19)12(18)6-8/h1-7,17-19H. The number of hydrogen-bond donors (Lipinski definition) is 3. The molecular formula is C15H10O5. The maximum Gasteiger partial charge on any atom is 0.200 e.